The van der Waals surface area contributed by atoms with Crippen molar-refractivity contribution < 1.29 is 56.4 Å². The number of esters is 4. The fraction of sp³-hybridized carbons (Fsp3) is 0.345. The van der Waals surface area contributed by atoms with Crippen molar-refractivity contribution >= 4 is 34.8 Å². The molecule has 1 aliphatic heterocycles. The zero-order valence-electron chi connectivity index (χ0n) is 23.0. The van der Waals surface area contributed by atoms with E-state index in [0.29, 0.717) is 0 Å². The summed E-state index contributed by atoms with van der Waals surface area (Å²) < 4.78 is 53.0. The van der Waals surface area contributed by atoms with E-state index in [-0.39, 0.29) is 27.8 Å². The van der Waals surface area contributed by atoms with Gasteiger partial charge in [0.2, 0.25) is 17.8 Å². The number of hydrogen-bond donors (Lipinski definition) is 0. The number of ether oxygens (including phenoxy) is 6. The predicted octanol–water partition coefficient (Wildman–Crippen LogP) is 3.06. The first-order valence-electron chi connectivity index (χ1n) is 12.7. The lowest BCUT2D eigenvalue weighted by atomic mass is 9.98. The van der Waals surface area contributed by atoms with Gasteiger partial charge < -0.3 is 32.8 Å². The summed E-state index contributed by atoms with van der Waals surface area (Å²) in [6.45, 7) is 4.04. The number of carbonyl (C=O) groups excluding carboxylic acids is 4. The number of rotatable bonds is 8. The van der Waals surface area contributed by atoms with Crippen LogP contribution in [0.2, 0.25) is 0 Å². The van der Waals surface area contributed by atoms with E-state index in [1.54, 1.807) is 6.07 Å². The molecule has 0 bridgehead atoms. The summed E-state index contributed by atoms with van der Waals surface area (Å²) in [6, 6.07) is 9.92. The minimum Gasteiger partial charge on any atom is -0.463 e. The largest absolute Gasteiger partial charge is 0.463 e. The van der Waals surface area contributed by atoms with Crippen molar-refractivity contribution in [2.75, 3.05) is 6.61 Å². The third-order valence-electron chi connectivity index (χ3n) is 6.11. The summed E-state index contributed by atoms with van der Waals surface area (Å²) >= 11 is 0. The fourth-order valence-corrected chi connectivity index (χ4v) is 4.47. The van der Waals surface area contributed by atoms with Crippen LogP contribution in [0, 0.1) is 5.82 Å². The highest BCUT2D eigenvalue weighted by atomic mass is 19.1. The van der Waals surface area contributed by atoms with Gasteiger partial charge in [-0.15, -0.1) is 0 Å². The van der Waals surface area contributed by atoms with Crippen molar-refractivity contribution in [2.45, 2.75) is 58.4 Å². The third-order valence-corrected chi connectivity index (χ3v) is 6.11. The van der Waals surface area contributed by atoms with Gasteiger partial charge in [-0.1, -0.05) is 18.2 Å². The average Bonchev–Trinajstić information content (AvgIpc) is 2.91. The lowest BCUT2D eigenvalue weighted by Crippen LogP contribution is -2.63. The standard InChI is InChI=1S/C29H27FO12/c1-14(31)36-13-24-26(38-15(2)32)27(39-16(3)33)28(40-17(4)34)29(42-24)41-18-9-10-20-23(11-18)37-12-21(25(20)35)19-7-5-6-8-22(19)30/h5-12,24,26-29H,13H2,1-4H3/t24-,26-,27+,28+,29+/m1/s1. The molecular formula is C29H27FO12. The Kier molecular flexibility index (Phi) is 9.21. The van der Waals surface area contributed by atoms with Crippen molar-refractivity contribution in [3.63, 3.8) is 0 Å². The van der Waals surface area contributed by atoms with E-state index in [4.69, 9.17) is 32.8 Å². The highest BCUT2D eigenvalue weighted by Gasteiger charge is 2.53. The van der Waals surface area contributed by atoms with Crippen molar-refractivity contribution in [1.29, 1.82) is 0 Å². The number of carbonyl (C=O) groups is 4. The smallest absolute Gasteiger partial charge is 0.303 e. The fourth-order valence-electron chi connectivity index (χ4n) is 4.47. The zero-order chi connectivity index (χ0) is 30.6. The van der Waals surface area contributed by atoms with E-state index >= 15 is 0 Å². The zero-order valence-corrected chi connectivity index (χ0v) is 23.0. The van der Waals surface area contributed by atoms with Crippen LogP contribution in [-0.2, 0) is 42.9 Å². The maximum Gasteiger partial charge on any atom is 0.303 e. The summed E-state index contributed by atoms with van der Waals surface area (Å²) in [4.78, 5) is 60.6. The van der Waals surface area contributed by atoms with Crippen LogP contribution in [0.3, 0.4) is 0 Å². The van der Waals surface area contributed by atoms with Gasteiger partial charge in [0, 0.05) is 39.3 Å². The molecule has 1 fully saturated rings. The first-order chi connectivity index (χ1) is 19.9. The Balaban J connectivity index is 1.71. The molecule has 2 aromatic carbocycles. The molecule has 0 saturated carbocycles. The number of fused-ring (bicyclic) bond motifs is 1. The molecule has 12 nitrogen and oxygen atoms in total. The maximum atomic E-state index is 14.3. The van der Waals surface area contributed by atoms with E-state index in [1.165, 1.54) is 36.4 Å². The van der Waals surface area contributed by atoms with Crippen LogP contribution in [0.15, 0.2) is 57.9 Å². The van der Waals surface area contributed by atoms with E-state index < -0.39 is 72.4 Å². The topological polar surface area (TPSA) is 154 Å². The van der Waals surface area contributed by atoms with Crippen LogP contribution in [0.25, 0.3) is 22.1 Å². The molecule has 5 atom stereocenters. The molecule has 0 aliphatic carbocycles. The molecule has 0 spiro atoms. The maximum absolute atomic E-state index is 14.3. The summed E-state index contributed by atoms with van der Waals surface area (Å²) in [5.74, 6) is -3.53. The van der Waals surface area contributed by atoms with Gasteiger partial charge in [0.25, 0.3) is 0 Å². The second-order valence-electron chi connectivity index (χ2n) is 9.30. The Morgan fingerprint density at radius 1 is 0.810 bits per heavy atom. The lowest BCUT2D eigenvalue weighted by molar-refractivity contribution is -0.288. The van der Waals surface area contributed by atoms with Crippen LogP contribution >= 0.6 is 0 Å². The van der Waals surface area contributed by atoms with Crippen LogP contribution in [0.4, 0.5) is 4.39 Å². The minimum atomic E-state index is -1.48. The SMILES string of the molecule is CC(=O)OC[C@H]1O[C@H](Oc2ccc3c(=O)c(-c4ccccc4F)coc3c2)[C@@H](OC(C)=O)[C@@H](OC(C)=O)[C@@H]1OC(C)=O. The lowest BCUT2D eigenvalue weighted by Gasteiger charge is -2.43. The van der Waals surface area contributed by atoms with Crippen molar-refractivity contribution in [3.05, 3.63) is 64.8 Å². The molecule has 1 aliphatic rings. The number of benzene rings is 2. The van der Waals surface area contributed by atoms with Gasteiger partial charge in [-0.25, -0.2) is 4.39 Å². The summed E-state index contributed by atoms with van der Waals surface area (Å²) in [7, 11) is 0. The molecule has 0 N–H and O–H groups in total. The van der Waals surface area contributed by atoms with Gasteiger partial charge in [0.1, 0.15) is 36.1 Å². The van der Waals surface area contributed by atoms with Crippen LogP contribution in [0.5, 0.6) is 5.75 Å². The van der Waals surface area contributed by atoms with E-state index in [2.05, 4.69) is 0 Å². The van der Waals surface area contributed by atoms with Gasteiger partial charge in [-0.2, -0.15) is 0 Å². The molecule has 222 valence electrons. The Labute approximate surface area is 238 Å². The van der Waals surface area contributed by atoms with Crippen molar-refractivity contribution in [1.82, 2.24) is 0 Å². The average molecular weight is 587 g/mol. The van der Waals surface area contributed by atoms with Gasteiger partial charge in [0.05, 0.1) is 10.9 Å². The van der Waals surface area contributed by atoms with Crippen LogP contribution in [0.1, 0.15) is 27.7 Å². The van der Waals surface area contributed by atoms with E-state index in [9.17, 15) is 28.4 Å². The Bertz CT molecular complexity index is 1560. The highest BCUT2D eigenvalue weighted by molar-refractivity contribution is 5.82. The summed E-state index contributed by atoms with van der Waals surface area (Å²) in [5.41, 5.74) is -0.303. The Hall–Kier alpha value is -4.78. The summed E-state index contributed by atoms with van der Waals surface area (Å²) in [5, 5.41) is 0.129. The molecule has 0 unspecified atom stereocenters. The molecular weight excluding hydrogens is 559 g/mol. The van der Waals surface area contributed by atoms with E-state index in [1.807, 2.05) is 0 Å². The highest BCUT2D eigenvalue weighted by Crippen LogP contribution is 2.32. The van der Waals surface area contributed by atoms with Crippen LogP contribution in [-0.4, -0.2) is 61.2 Å². The quantitative estimate of drug-likeness (QED) is 0.281. The minimum absolute atomic E-state index is 0.0221. The molecule has 0 radical (unpaired) electrons. The third kappa shape index (κ3) is 6.92. The molecule has 1 saturated heterocycles. The van der Waals surface area contributed by atoms with Gasteiger partial charge >= 0.3 is 23.9 Å². The summed E-state index contributed by atoms with van der Waals surface area (Å²) in [6.07, 6.45) is -5.78. The number of hydrogen-bond acceptors (Lipinski definition) is 12. The second kappa shape index (κ2) is 12.8. The molecule has 42 heavy (non-hydrogen) atoms. The monoisotopic (exact) mass is 586 g/mol. The molecule has 3 aromatic rings. The first-order valence-corrected chi connectivity index (χ1v) is 12.7. The molecule has 13 heteroatoms. The van der Waals surface area contributed by atoms with Gasteiger partial charge in [0.15, 0.2) is 12.2 Å². The second-order valence-corrected chi connectivity index (χ2v) is 9.30. The van der Waals surface area contributed by atoms with Gasteiger partial charge in [-0.3, -0.25) is 24.0 Å². The molecule has 2 heterocycles. The number of halogens is 1. The van der Waals surface area contributed by atoms with Crippen molar-refractivity contribution in [3.8, 4) is 16.9 Å². The Morgan fingerprint density at radius 3 is 2.10 bits per heavy atom. The Morgan fingerprint density at radius 2 is 1.45 bits per heavy atom. The van der Waals surface area contributed by atoms with Crippen LogP contribution < -0.4 is 10.2 Å². The van der Waals surface area contributed by atoms with E-state index in [0.717, 1.165) is 34.0 Å². The van der Waals surface area contributed by atoms with Crippen molar-refractivity contribution in [2.24, 2.45) is 0 Å². The molecule has 4 rings (SSSR count). The predicted molar refractivity (Wildman–Crippen MR) is 140 cm³/mol. The van der Waals surface area contributed by atoms with Gasteiger partial charge in [-0.05, 0) is 18.2 Å². The first kappa shape index (κ1) is 30.2. The molecule has 0 amide bonds. The molecule has 1 aromatic heterocycles. The normalized spacial score (nSPS) is 21.7.